The summed E-state index contributed by atoms with van der Waals surface area (Å²) in [5, 5.41) is 2.79. The highest BCUT2D eigenvalue weighted by molar-refractivity contribution is 5.94. The maximum Gasteiger partial charge on any atom is 0.251 e. The zero-order valence-electron chi connectivity index (χ0n) is 16.2. The summed E-state index contributed by atoms with van der Waals surface area (Å²) >= 11 is 0. The standard InChI is InChI=1S/C23H22FN3O2/c1-29-21-8-7-18(12-20(21)24)23(28)26-14-16-6-9-22(25-13-16)27-11-10-17-4-2-3-5-19(17)15-27/h2-9,12-13H,10-11,14-15H2,1H3,(H,26,28). The van der Waals surface area contributed by atoms with E-state index in [4.69, 9.17) is 4.74 Å². The molecule has 4 rings (SSSR count). The molecule has 0 aliphatic carbocycles. The zero-order chi connectivity index (χ0) is 20.2. The van der Waals surface area contributed by atoms with E-state index in [1.54, 1.807) is 6.20 Å². The van der Waals surface area contributed by atoms with Gasteiger partial charge in [0.05, 0.1) is 7.11 Å². The summed E-state index contributed by atoms with van der Waals surface area (Å²) in [4.78, 5) is 19.1. The van der Waals surface area contributed by atoms with Crippen LogP contribution in [0.3, 0.4) is 0 Å². The van der Waals surface area contributed by atoms with Crippen molar-refractivity contribution in [2.45, 2.75) is 19.5 Å². The quantitative estimate of drug-likeness (QED) is 0.720. The number of carbonyl (C=O) groups is 1. The molecule has 29 heavy (non-hydrogen) atoms. The Morgan fingerprint density at radius 1 is 1.17 bits per heavy atom. The van der Waals surface area contributed by atoms with Crippen LogP contribution < -0.4 is 15.0 Å². The van der Waals surface area contributed by atoms with Gasteiger partial charge < -0.3 is 15.0 Å². The van der Waals surface area contributed by atoms with Crippen LogP contribution in [0.25, 0.3) is 0 Å². The second kappa shape index (κ2) is 8.31. The number of anilines is 1. The molecule has 1 aliphatic rings. The van der Waals surface area contributed by atoms with Crippen LogP contribution in [0.15, 0.2) is 60.8 Å². The van der Waals surface area contributed by atoms with Crippen molar-refractivity contribution in [3.8, 4) is 5.75 Å². The Balaban J connectivity index is 1.36. The lowest BCUT2D eigenvalue weighted by Crippen LogP contribution is -2.31. The van der Waals surface area contributed by atoms with Crippen LogP contribution in [-0.2, 0) is 19.5 Å². The van der Waals surface area contributed by atoms with Crippen molar-refractivity contribution in [2.24, 2.45) is 0 Å². The van der Waals surface area contributed by atoms with Gasteiger partial charge in [-0.05, 0) is 47.4 Å². The number of pyridine rings is 1. The number of hydrogen-bond donors (Lipinski definition) is 1. The van der Waals surface area contributed by atoms with E-state index in [0.717, 1.165) is 30.9 Å². The highest BCUT2D eigenvalue weighted by atomic mass is 19.1. The Morgan fingerprint density at radius 2 is 2.00 bits per heavy atom. The first-order chi connectivity index (χ1) is 14.1. The normalized spacial score (nSPS) is 13.0. The molecule has 6 heteroatoms. The number of amides is 1. The van der Waals surface area contributed by atoms with Crippen LogP contribution in [0, 0.1) is 5.82 Å². The van der Waals surface area contributed by atoms with Crippen molar-refractivity contribution in [3.63, 3.8) is 0 Å². The molecule has 1 amide bonds. The molecule has 0 atom stereocenters. The number of benzene rings is 2. The third-order valence-electron chi connectivity index (χ3n) is 5.13. The molecular weight excluding hydrogens is 369 g/mol. The molecule has 1 aromatic heterocycles. The zero-order valence-corrected chi connectivity index (χ0v) is 16.2. The van der Waals surface area contributed by atoms with Gasteiger partial charge in [0.25, 0.3) is 5.91 Å². The van der Waals surface area contributed by atoms with Crippen molar-refractivity contribution in [3.05, 3.63) is 88.9 Å². The summed E-state index contributed by atoms with van der Waals surface area (Å²) in [6, 6.07) is 16.6. The molecule has 5 nitrogen and oxygen atoms in total. The van der Waals surface area contributed by atoms with E-state index in [2.05, 4.69) is 39.5 Å². The summed E-state index contributed by atoms with van der Waals surface area (Å²) in [6.07, 6.45) is 2.78. The predicted molar refractivity (Wildman–Crippen MR) is 110 cm³/mol. The summed E-state index contributed by atoms with van der Waals surface area (Å²) in [6.45, 7) is 2.11. The van der Waals surface area contributed by atoms with Gasteiger partial charge >= 0.3 is 0 Å². The van der Waals surface area contributed by atoms with Gasteiger partial charge in [-0.2, -0.15) is 0 Å². The molecular formula is C23H22FN3O2. The van der Waals surface area contributed by atoms with Gasteiger partial charge in [0, 0.05) is 31.4 Å². The number of hydrogen-bond acceptors (Lipinski definition) is 4. The SMILES string of the molecule is COc1ccc(C(=O)NCc2ccc(N3CCc4ccccc4C3)nc2)cc1F. The van der Waals surface area contributed by atoms with Crippen LogP contribution in [0.4, 0.5) is 10.2 Å². The summed E-state index contributed by atoms with van der Waals surface area (Å²) in [7, 11) is 1.39. The number of carbonyl (C=O) groups excluding carboxylic acids is 1. The summed E-state index contributed by atoms with van der Waals surface area (Å²) < 4.78 is 18.6. The average molecular weight is 391 g/mol. The van der Waals surface area contributed by atoms with E-state index in [1.165, 1.54) is 36.4 Å². The predicted octanol–water partition coefficient (Wildman–Crippen LogP) is 3.72. The Hall–Kier alpha value is -3.41. The van der Waals surface area contributed by atoms with Gasteiger partial charge in [-0.3, -0.25) is 4.79 Å². The van der Waals surface area contributed by atoms with Gasteiger partial charge in [0.1, 0.15) is 5.82 Å². The molecule has 2 heterocycles. The molecule has 0 spiro atoms. The number of methoxy groups -OCH3 is 1. The van der Waals surface area contributed by atoms with Gasteiger partial charge in [-0.15, -0.1) is 0 Å². The fourth-order valence-corrected chi connectivity index (χ4v) is 3.49. The van der Waals surface area contributed by atoms with Crippen molar-refractivity contribution in [2.75, 3.05) is 18.6 Å². The highest BCUT2D eigenvalue weighted by Gasteiger charge is 2.17. The molecule has 0 fully saturated rings. The van der Waals surface area contributed by atoms with Gasteiger partial charge in [-0.25, -0.2) is 9.37 Å². The molecule has 0 radical (unpaired) electrons. The van der Waals surface area contributed by atoms with Gasteiger partial charge in [0.2, 0.25) is 0 Å². The Labute approximate surface area is 169 Å². The van der Waals surface area contributed by atoms with E-state index in [1.807, 2.05) is 12.1 Å². The third kappa shape index (κ3) is 4.21. The van der Waals surface area contributed by atoms with Crippen LogP contribution in [0.5, 0.6) is 5.75 Å². The van der Waals surface area contributed by atoms with Crippen molar-refractivity contribution < 1.29 is 13.9 Å². The van der Waals surface area contributed by atoms with Crippen LogP contribution in [0.1, 0.15) is 27.0 Å². The average Bonchev–Trinajstić information content (AvgIpc) is 2.77. The van der Waals surface area contributed by atoms with E-state index in [0.29, 0.717) is 6.54 Å². The van der Waals surface area contributed by atoms with E-state index < -0.39 is 5.82 Å². The number of aromatic nitrogens is 1. The number of halogens is 1. The lowest BCUT2D eigenvalue weighted by atomic mass is 10.00. The van der Waals surface area contributed by atoms with E-state index in [-0.39, 0.29) is 17.2 Å². The first-order valence-corrected chi connectivity index (χ1v) is 9.52. The number of nitrogens with zero attached hydrogens (tertiary/aromatic N) is 2. The molecule has 1 aliphatic heterocycles. The maximum atomic E-state index is 13.8. The second-order valence-corrected chi connectivity index (χ2v) is 7.00. The number of ether oxygens (including phenoxy) is 1. The first-order valence-electron chi connectivity index (χ1n) is 9.52. The van der Waals surface area contributed by atoms with Gasteiger partial charge in [-0.1, -0.05) is 30.3 Å². The van der Waals surface area contributed by atoms with E-state index >= 15 is 0 Å². The van der Waals surface area contributed by atoms with Crippen LogP contribution in [0.2, 0.25) is 0 Å². The summed E-state index contributed by atoms with van der Waals surface area (Å²) in [5.74, 6) is 0.131. The van der Waals surface area contributed by atoms with Crippen LogP contribution >= 0.6 is 0 Å². The van der Waals surface area contributed by atoms with Crippen molar-refractivity contribution in [1.82, 2.24) is 10.3 Å². The van der Waals surface area contributed by atoms with Gasteiger partial charge in [0.15, 0.2) is 11.6 Å². The molecule has 2 aromatic carbocycles. The molecule has 1 N–H and O–H groups in total. The maximum absolute atomic E-state index is 13.8. The monoisotopic (exact) mass is 391 g/mol. The molecule has 0 saturated heterocycles. The molecule has 3 aromatic rings. The second-order valence-electron chi connectivity index (χ2n) is 7.00. The Kier molecular flexibility index (Phi) is 5.42. The fourth-order valence-electron chi connectivity index (χ4n) is 3.49. The Bertz CT molecular complexity index is 1020. The highest BCUT2D eigenvalue weighted by Crippen LogP contribution is 2.23. The fraction of sp³-hybridized carbons (Fsp3) is 0.217. The van der Waals surface area contributed by atoms with E-state index in [9.17, 15) is 9.18 Å². The smallest absolute Gasteiger partial charge is 0.251 e. The minimum absolute atomic E-state index is 0.113. The number of rotatable bonds is 5. The summed E-state index contributed by atoms with van der Waals surface area (Å²) in [5.41, 5.74) is 3.87. The molecule has 0 unspecified atom stereocenters. The largest absolute Gasteiger partial charge is 0.494 e. The molecule has 0 saturated carbocycles. The third-order valence-corrected chi connectivity index (χ3v) is 5.13. The number of nitrogens with one attached hydrogen (secondary N) is 1. The molecule has 0 bridgehead atoms. The molecule has 148 valence electrons. The lowest BCUT2D eigenvalue weighted by molar-refractivity contribution is 0.0950. The Morgan fingerprint density at radius 3 is 2.72 bits per heavy atom. The number of fused-ring (bicyclic) bond motifs is 1. The van der Waals surface area contributed by atoms with Crippen molar-refractivity contribution >= 4 is 11.7 Å². The van der Waals surface area contributed by atoms with Crippen LogP contribution in [-0.4, -0.2) is 24.5 Å². The minimum atomic E-state index is -0.561. The first kappa shape index (κ1) is 18.9. The minimum Gasteiger partial charge on any atom is -0.494 e. The lowest BCUT2D eigenvalue weighted by Gasteiger charge is -2.29. The van der Waals surface area contributed by atoms with Crippen molar-refractivity contribution in [1.29, 1.82) is 0 Å². The topological polar surface area (TPSA) is 54.5 Å².